The van der Waals surface area contributed by atoms with E-state index in [0.29, 0.717) is 0 Å². The molecule has 0 atom stereocenters. The van der Waals surface area contributed by atoms with Crippen LogP contribution in [0.2, 0.25) is 5.02 Å². The van der Waals surface area contributed by atoms with Crippen molar-refractivity contribution in [3.05, 3.63) is 51.2 Å². The van der Waals surface area contributed by atoms with Crippen molar-refractivity contribution in [1.82, 2.24) is 14.6 Å². The Morgan fingerprint density at radius 2 is 2.08 bits per heavy atom. The second-order valence-electron chi connectivity index (χ2n) is 4.64. The lowest BCUT2D eigenvalue weighted by Gasteiger charge is -2.08. The Bertz CT molecular complexity index is 970. The number of aromatic hydroxyl groups is 1. The van der Waals surface area contributed by atoms with Gasteiger partial charge in [-0.1, -0.05) is 23.4 Å². The van der Waals surface area contributed by atoms with Gasteiger partial charge in [-0.25, -0.2) is 0 Å². The molecule has 0 fully saturated rings. The minimum absolute atomic E-state index is 0.0827. The molecule has 0 bridgehead atoms. The number of halogens is 4. The summed E-state index contributed by atoms with van der Waals surface area (Å²) in [6, 6.07) is 1.86. The van der Waals surface area contributed by atoms with Crippen LogP contribution in [0, 0.1) is 0 Å². The third kappa shape index (κ3) is 3.20. The molecular formula is C13H7ClF3N3O3S. The van der Waals surface area contributed by atoms with E-state index in [2.05, 4.69) is 10.2 Å². The highest BCUT2D eigenvalue weighted by Crippen LogP contribution is 2.33. The summed E-state index contributed by atoms with van der Waals surface area (Å²) >= 11 is 6.82. The first-order chi connectivity index (χ1) is 11.3. The maximum Gasteiger partial charge on any atom is 0.417 e. The van der Waals surface area contributed by atoms with Gasteiger partial charge in [-0.15, -0.1) is 10.2 Å². The lowest BCUT2D eigenvalue weighted by Crippen LogP contribution is -2.07. The Labute approximate surface area is 140 Å². The average Bonchev–Trinajstić information content (AvgIpc) is 2.91. The number of rotatable bonds is 3. The summed E-state index contributed by atoms with van der Waals surface area (Å²) in [5.41, 5.74) is -1.47. The molecular weight excluding hydrogens is 371 g/mol. The SMILES string of the molecule is O=c1cc(CSc2nnc3c(Cl)cc(C(F)(F)F)cn23)occ1O. The van der Waals surface area contributed by atoms with Crippen molar-refractivity contribution in [3.63, 3.8) is 0 Å². The molecule has 0 radical (unpaired) electrons. The first kappa shape index (κ1) is 16.7. The molecule has 1 N–H and O–H groups in total. The summed E-state index contributed by atoms with van der Waals surface area (Å²) in [5.74, 6) is -0.208. The molecule has 0 unspecified atom stereocenters. The van der Waals surface area contributed by atoms with Crippen LogP contribution in [-0.2, 0) is 11.9 Å². The van der Waals surface area contributed by atoms with Crippen LogP contribution < -0.4 is 5.43 Å². The molecule has 0 saturated heterocycles. The van der Waals surface area contributed by atoms with E-state index in [1.54, 1.807) is 0 Å². The van der Waals surface area contributed by atoms with Crippen LogP contribution in [-0.4, -0.2) is 19.7 Å². The molecule has 0 aliphatic carbocycles. The number of alkyl halides is 3. The van der Waals surface area contributed by atoms with E-state index in [-0.39, 0.29) is 27.3 Å². The van der Waals surface area contributed by atoms with Crippen LogP contribution in [0.25, 0.3) is 5.65 Å². The quantitative estimate of drug-likeness (QED) is 0.705. The minimum Gasteiger partial charge on any atom is -0.502 e. The van der Waals surface area contributed by atoms with Gasteiger partial charge in [-0.05, 0) is 6.07 Å². The maximum atomic E-state index is 12.9. The Hall–Kier alpha value is -2.20. The topological polar surface area (TPSA) is 80.6 Å². The highest BCUT2D eigenvalue weighted by atomic mass is 35.5. The van der Waals surface area contributed by atoms with Crippen molar-refractivity contribution >= 4 is 29.0 Å². The fourth-order valence-electron chi connectivity index (χ4n) is 1.84. The van der Waals surface area contributed by atoms with E-state index < -0.39 is 22.9 Å². The van der Waals surface area contributed by atoms with Crippen LogP contribution in [0.4, 0.5) is 13.2 Å². The number of thioether (sulfide) groups is 1. The number of nitrogens with zero attached hydrogens (tertiary/aromatic N) is 3. The molecule has 6 nitrogen and oxygen atoms in total. The normalized spacial score (nSPS) is 12.0. The maximum absolute atomic E-state index is 12.9. The van der Waals surface area contributed by atoms with E-state index in [0.717, 1.165) is 40.8 Å². The van der Waals surface area contributed by atoms with Crippen molar-refractivity contribution in [2.75, 3.05) is 0 Å². The molecule has 0 amide bonds. The molecule has 0 spiro atoms. The number of aromatic nitrogens is 3. The van der Waals surface area contributed by atoms with Crippen LogP contribution >= 0.6 is 23.4 Å². The van der Waals surface area contributed by atoms with Gasteiger partial charge in [0, 0.05) is 12.3 Å². The molecule has 0 aromatic carbocycles. The first-order valence-corrected chi connectivity index (χ1v) is 7.67. The van der Waals surface area contributed by atoms with Gasteiger partial charge in [0.05, 0.1) is 16.3 Å². The summed E-state index contributed by atoms with van der Waals surface area (Å²) in [6.07, 6.45) is -2.83. The molecule has 0 saturated carbocycles. The van der Waals surface area contributed by atoms with Crippen molar-refractivity contribution in [2.45, 2.75) is 17.1 Å². The molecule has 3 rings (SSSR count). The summed E-state index contributed by atoms with van der Waals surface area (Å²) in [4.78, 5) is 11.3. The lowest BCUT2D eigenvalue weighted by atomic mass is 10.3. The second kappa shape index (κ2) is 6.02. The van der Waals surface area contributed by atoms with Gasteiger partial charge in [0.2, 0.25) is 5.43 Å². The van der Waals surface area contributed by atoms with Crippen LogP contribution in [0.5, 0.6) is 5.75 Å². The van der Waals surface area contributed by atoms with Gasteiger partial charge >= 0.3 is 6.18 Å². The predicted molar refractivity (Wildman–Crippen MR) is 79.2 cm³/mol. The van der Waals surface area contributed by atoms with Crippen LogP contribution in [0.1, 0.15) is 11.3 Å². The second-order valence-corrected chi connectivity index (χ2v) is 5.98. The molecule has 0 aliphatic heterocycles. The van der Waals surface area contributed by atoms with Crippen molar-refractivity contribution < 1.29 is 22.7 Å². The number of hydrogen-bond donors (Lipinski definition) is 1. The molecule has 126 valence electrons. The molecule has 3 aromatic rings. The molecule has 11 heteroatoms. The third-order valence-electron chi connectivity index (χ3n) is 2.97. The Morgan fingerprint density at radius 1 is 1.33 bits per heavy atom. The van der Waals surface area contributed by atoms with Gasteiger partial charge in [-0.2, -0.15) is 13.2 Å². The zero-order valence-corrected chi connectivity index (χ0v) is 13.1. The van der Waals surface area contributed by atoms with Crippen LogP contribution in [0.3, 0.4) is 0 Å². The lowest BCUT2D eigenvalue weighted by molar-refractivity contribution is -0.137. The highest BCUT2D eigenvalue weighted by molar-refractivity contribution is 7.98. The van der Waals surface area contributed by atoms with Gasteiger partial charge in [0.1, 0.15) is 12.0 Å². The third-order valence-corrected chi connectivity index (χ3v) is 4.21. The summed E-state index contributed by atoms with van der Waals surface area (Å²) in [6.45, 7) is 0. The monoisotopic (exact) mass is 377 g/mol. The Kier molecular flexibility index (Phi) is 4.18. The summed E-state index contributed by atoms with van der Waals surface area (Å²) < 4.78 is 44.8. The van der Waals surface area contributed by atoms with Gasteiger partial charge < -0.3 is 9.52 Å². The molecule has 24 heavy (non-hydrogen) atoms. The molecule has 3 heterocycles. The van der Waals surface area contributed by atoms with E-state index >= 15 is 0 Å². The number of hydrogen-bond acceptors (Lipinski definition) is 6. The van der Waals surface area contributed by atoms with E-state index in [9.17, 15) is 18.0 Å². The van der Waals surface area contributed by atoms with Crippen LogP contribution in [0.15, 0.2) is 39.0 Å². The highest BCUT2D eigenvalue weighted by Gasteiger charge is 2.32. The first-order valence-electron chi connectivity index (χ1n) is 6.30. The summed E-state index contributed by atoms with van der Waals surface area (Å²) in [5, 5.41) is 16.6. The zero-order valence-electron chi connectivity index (χ0n) is 11.5. The van der Waals surface area contributed by atoms with E-state index in [4.69, 9.17) is 21.1 Å². The Balaban J connectivity index is 1.93. The summed E-state index contributed by atoms with van der Waals surface area (Å²) in [7, 11) is 0. The van der Waals surface area contributed by atoms with Crippen molar-refractivity contribution in [3.8, 4) is 5.75 Å². The number of pyridine rings is 1. The zero-order chi connectivity index (χ0) is 17.5. The van der Waals surface area contributed by atoms with Crippen molar-refractivity contribution in [2.24, 2.45) is 0 Å². The standard InChI is InChI=1S/C13H7ClF3N3O3S/c14-8-1-6(13(15,16)17)3-20-11(8)18-19-12(20)24-5-7-2-9(21)10(22)4-23-7/h1-4,22H,5H2. The van der Waals surface area contributed by atoms with Gasteiger partial charge in [-0.3, -0.25) is 9.20 Å². The minimum atomic E-state index is -4.56. The molecule has 3 aromatic heterocycles. The fourth-order valence-corrected chi connectivity index (χ4v) is 2.89. The predicted octanol–water partition coefficient (Wildman–Crippen LogP) is 3.35. The average molecular weight is 378 g/mol. The van der Waals surface area contributed by atoms with Gasteiger partial charge in [0.25, 0.3) is 0 Å². The number of fused-ring (bicyclic) bond motifs is 1. The van der Waals surface area contributed by atoms with Crippen molar-refractivity contribution in [1.29, 1.82) is 0 Å². The molecule has 0 aliphatic rings. The van der Waals surface area contributed by atoms with E-state index in [1.165, 1.54) is 0 Å². The fraction of sp³-hybridized carbons (Fsp3) is 0.154. The van der Waals surface area contributed by atoms with E-state index in [1.807, 2.05) is 0 Å². The Morgan fingerprint density at radius 3 is 2.75 bits per heavy atom. The largest absolute Gasteiger partial charge is 0.502 e. The smallest absolute Gasteiger partial charge is 0.417 e. The van der Waals surface area contributed by atoms with Gasteiger partial charge in [0.15, 0.2) is 16.6 Å².